The highest BCUT2D eigenvalue weighted by Gasteiger charge is 2.28. The maximum Gasteiger partial charge on any atom is 0.305 e. The summed E-state index contributed by atoms with van der Waals surface area (Å²) in [7, 11) is 1.73. The van der Waals surface area contributed by atoms with Crippen molar-refractivity contribution in [2.45, 2.75) is 70.1 Å². The maximum atomic E-state index is 14.0. The zero-order chi connectivity index (χ0) is 31.1. The molecule has 9 nitrogen and oxygen atoms in total. The van der Waals surface area contributed by atoms with Crippen molar-refractivity contribution in [2.75, 3.05) is 33.4 Å². The van der Waals surface area contributed by atoms with E-state index in [9.17, 15) is 19.5 Å². The van der Waals surface area contributed by atoms with Crippen molar-refractivity contribution >= 4 is 11.9 Å². The summed E-state index contributed by atoms with van der Waals surface area (Å²) in [6.07, 6.45) is 6.45. The number of methoxy groups -OCH3 is 1. The maximum absolute atomic E-state index is 14.0. The minimum Gasteiger partial charge on any atom is -0.493 e. The predicted octanol–water partition coefficient (Wildman–Crippen LogP) is 4.91. The molecule has 2 bridgehead atoms. The SMILES string of the molecule is COC1CN(CCc2ccc(=O)n([C@H]3CCCCCCOc4cccc(C)c4-c4cccc(c4)[C@H](CC(=O)O)NC3=O)c2)C1. The van der Waals surface area contributed by atoms with Gasteiger partial charge >= 0.3 is 5.97 Å². The Hall–Kier alpha value is -3.95. The lowest BCUT2D eigenvalue weighted by molar-refractivity contribution is -0.138. The molecule has 2 aliphatic heterocycles. The number of amides is 1. The second-order valence-electron chi connectivity index (χ2n) is 11.9. The number of benzene rings is 2. The average molecular weight is 602 g/mol. The standard InChI is InChI=1S/C35H43N3O6/c1-24-9-7-13-31-34(24)27-11-8-10-26(19-27)29(20-33(40)41)36-35(42)30(12-5-3-4-6-18-44-31)38-21-25(14-15-32(38)39)16-17-37-22-28(23-37)43-2/h7-11,13-15,19,21,28-30H,3-6,12,16-18,20,22-23H2,1-2H3,(H,36,42)(H,40,41)/t29-,30-/m0/s1. The Morgan fingerprint density at radius 2 is 1.84 bits per heavy atom. The van der Waals surface area contributed by atoms with Crippen LogP contribution in [0.15, 0.2) is 65.6 Å². The van der Waals surface area contributed by atoms with Crippen LogP contribution in [0.1, 0.15) is 67.3 Å². The molecule has 2 aromatic carbocycles. The van der Waals surface area contributed by atoms with Gasteiger partial charge in [0.25, 0.3) is 5.56 Å². The monoisotopic (exact) mass is 601 g/mol. The van der Waals surface area contributed by atoms with Crippen LogP contribution in [0.3, 0.4) is 0 Å². The molecule has 0 unspecified atom stereocenters. The Morgan fingerprint density at radius 3 is 2.64 bits per heavy atom. The lowest BCUT2D eigenvalue weighted by Gasteiger charge is -2.38. The summed E-state index contributed by atoms with van der Waals surface area (Å²) in [4.78, 5) is 41.4. The van der Waals surface area contributed by atoms with Crippen molar-refractivity contribution in [3.63, 3.8) is 0 Å². The van der Waals surface area contributed by atoms with Crippen LogP contribution in [0.5, 0.6) is 5.75 Å². The molecule has 9 heteroatoms. The molecule has 2 N–H and O–H groups in total. The number of rotatable bonds is 7. The number of hydrogen-bond donors (Lipinski definition) is 2. The number of aliphatic carboxylic acids is 1. The van der Waals surface area contributed by atoms with Gasteiger partial charge in [0, 0.05) is 44.6 Å². The van der Waals surface area contributed by atoms with E-state index >= 15 is 0 Å². The van der Waals surface area contributed by atoms with Gasteiger partial charge in [0.15, 0.2) is 0 Å². The van der Waals surface area contributed by atoms with Crippen LogP contribution < -0.4 is 15.6 Å². The van der Waals surface area contributed by atoms with Crippen LogP contribution in [0.25, 0.3) is 11.1 Å². The molecule has 0 aliphatic carbocycles. The van der Waals surface area contributed by atoms with E-state index in [-0.39, 0.29) is 24.0 Å². The quantitative estimate of drug-likeness (QED) is 0.396. The first-order valence-electron chi connectivity index (χ1n) is 15.6. The van der Waals surface area contributed by atoms with Gasteiger partial charge in [-0.1, -0.05) is 55.7 Å². The van der Waals surface area contributed by atoms with Crippen molar-refractivity contribution in [1.29, 1.82) is 0 Å². The molecule has 2 atom stereocenters. The molecule has 1 amide bonds. The van der Waals surface area contributed by atoms with E-state index in [0.717, 1.165) is 79.7 Å². The summed E-state index contributed by atoms with van der Waals surface area (Å²) in [6, 6.07) is 15.4. The molecule has 2 aliphatic rings. The number of nitrogens with zero attached hydrogens (tertiary/aromatic N) is 2. The molecule has 3 aromatic rings. The first kappa shape index (κ1) is 31.5. The second-order valence-corrected chi connectivity index (χ2v) is 11.9. The van der Waals surface area contributed by atoms with Gasteiger partial charge < -0.3 is 24.5 Å². The molecule has 5 rings (SSSR count). The van der Waals surface area contributed by atoms with Gasteiger partial charge in [-0.05, 0) is 60.6 Å². The molecule has 234 valence electrons. The molecule has 0 saturated carbocycles. The van der Waals surface area contributed by atoms with Crippen LogP contribution in [-0.2, 0) is 20.7 Å². The van der Waals surface area contributed by atoms with Crippen LogP contribution in [0, 0.1) is 6.92 Å². The van der Waals surface area contributed by atoms with E-state index in [2.05, 4.69) is 10.2 Å². The first-order chi connectivity index (χ1) is 21.3. The molecule has 3 heterocycles. The summed E-state index contributed by atoms with van der Waals surface area (Å²) in [5.74, 6) is -0.578. The molecule has 1 aromatic heterocycles. The van der Waals surface area contributed by atoms with E-state index < -0.39 is 18.1 Å². The van der Waals surface area contributed by atoms with Crippen LogP contribution >= 0.6 is 0 Å². The van der Waals surface area contributed by atoms with Crippen molar-refractivity contribution in [3.8, 4) is 16.9 Å². The zero-order valence-electron chi connectivity index (χ0n) is 25.7. The summed E-state index contributed by atoms with van der Waals surface area (Å²) < 4.78 is 13.2. The van der Waals surface area contributed by atoms with Gasteiger partial charge in [0.2, 0.25) is 5.91 Å². The minimum absolute atomic E-state index is 0.246. The number of aromatic nitrogens is 1. The highest BCUT2D eigenvalue weighted by atomic mass is 16.5. The largest absolute Gasteiger partial charge is 0.493 e. The van der Waals surface area contributed by atoms with Gasteiger partial charge in [-0.15, -0.1) is 0 Å². The molecule has 44 heavy (non-hydrogen) atoms. The summed E-state index contributed by atoms with van der Waals surface area (Å²) in [5, 5.41) is 12.8. The smallest absolute Gasteiger partial charge is 0.305 e. The fourth-order valence-corrected chi connectivity index (χ4v) is 6.19. The number of likely N-dealkylation sites (tertiary alicyclic amines) is 1. The number of carbonyl (C=O) groups excluding carboxylic acids is 1. The predicted molar refractivity (Wildman–Crippen MR) is 169 cm³/mol. The average Bonchev–Trinajstić information content (AvgIpc) is 2.98. The minimum atomic E-state index is -1.02. The van der Waals surface area contributed by atoms with Crippen molar-refractivity contribution in [2.24, 2.45) is 0 Å². The Kier molecular flexibility index (Phi) is 10.5. The van der Waals surface area contributed by atoms with Gasteiger partial charge in [-0.3, -0.25) is 19.3 Å². The highest BCUT2D eigenvalue weighted by Crippen LogP contribution is 2.35. The Balaban J connectivity index is 1.45. The number of carboxylic acids is 1. The molecule has 1 fully saturated rings. The van der Waals surface area contributed by atoms with Crippen molar-refractivity contribution in [3.05, 3.63) is 87.8 Å². The van der Waals surface area contributed by atoms with E-state index in [1.165, 1.54) is 6.07 Å². The lowest BCUT2D eigenvalue weighted by atomic mass is 9.94. The third kappa shape index (κ3) is 7.76. The number of aryl methyl sites for hydroxylation is 1. The fraction of sp³-hybridized carbons (Fsp3) is 0.457. The number of fused-ring (bicyclic) bond motifs is 4. The highest BCUT2D eigenvalue weighted by molar-refractivity contribution is 5.82. The fourth-order valence-electron chi connectivity index (χ4n) is 6.19. The first-order valence-corrected chi connectivity index (χ1v) is 15.6. The van der Waals surface area contributed by atoms with E-state index in [1.54, 1.807) is 17.9 Å². The van der Waals surface area contributed by atoms with Gasteiger partial charge in [0.1, 0.15) is 11.8 Å². The summed E-state index contributed by atoms with van der Waals surface area (Å²) in [5.41, 5.74) is 4.32. The lowest BCUT2D eigenvalue weighted by Crippen LogP contribution is -2.52. The summed E-state index contributed by atoms with van der Waals surface area (Å²) >= 11 is 0. The van der Waals surface area contributed by atoms with Gasteiger partial charge in [-0.2, -0.15) is 0 Å². The van der Waals surface area contributed by atoms with Crippen LogP contribution in [0.4, 0.5) is 0 Å². The Labute approximate surface area is 258 Å². The Bertz CT molecular complexity index is 1510. The van der Waals surface area contributed by atoms with Crippen molar-refractivity contribution < 1.29 is 24.2 Å². The summed E-state index contributed by atoms with van der Waals surface area (Å²) in [6.45, 7) is 5.23. The third-order valence-electron chi connectivity index (χ3n) is 8.75. The topological polar surface area (TPSA) is 110 Å². The number of hydrogen-bond acceptors (Lipinski definition) is 6. The number of carboxylic acid groups (broad SMARTS) is 1. The van der Waals surface area contributed by atoms with Crippen molar-refractivity contribution in [1.82, 2.24) is 14.8 Å². The number of carbonyl (C=O) groups is 2. The van der Waals surface area contributed by atoms with Crippen LogP contribution in [-0.4, -0.2) is 65.9 Å². The molecule has 0 radical (unpaired) electrons. The third-order valence-corrected chi connectivity index (χ3v) is 8.75. The van der Waals surface area contributed by atoms with E-state index in [0.29, 0.717) is 18.6 Å². The Morgan fingerprint density at radius 1 is 1.05 bits per heavy atom. The molecular weight excluding hydrogens is 558 g/mol. The zero-order valence-corrected chi connectivity index (χ0v) is 25.7. The number of ether oxygens (including phenoxy) is 2. The molecule has 1 saturated heterocycles. The molecule has 0 spiro atoms. The van der Waals surface area contributed by atoms with E-state index in [1.807, 2.05) is 55.5 Å². The molecular formula is C35H43N3O6. The van der Waals surface area contributed by atoms with Crippen LogP contribution in [0.2, 0.25) is 0 Å². The normalized spacial score (nSPS) is 20.2. The van der Waals surface area contributed by atoms with Gasteiger partial charge in [0.05, 0.1) is 25.2 Å². The van der Waals surface area contributed by atoms with E-state index in [4.69, 9.17) is 9.47 Å². The second kappa shape index (κ2) is 14.7. The van der Waals surface area contributed by atoms with Gasteiger partial charge in [-0.25, -0.2) is 0 Å². The number of pyridine rings is 1. The number of nitrogens with one attached hydrogen (secondary N) is 1.